The largest absolute Gasteiger partial charge is 0.339 e. The highest BCUT2D eigenvalue weighted by molar-refractivity contribution is 5.91. The molecule has 30 heavy (non-hydrogen) atoms. The Morgan fingerprint density at radius 1 is 1.00 bits per heavy atom. The van der Waals surface area contributed by atoms with Crippen LogP contribution in [0.2, 0.25) is 0 Å². The Morgan fingerprint density at radius 2 is 1.67 bits per heavy atom. The number of anilines is 1. The first-order valence-electron chi connectivity index (χ1n) is 10.1. The van der Waals surface area contributed by atoms with Crippen molar-refractivity contribution in [3.8, 4) is 5.69 Å². The van der Waals surface area contributed by atoms with E-state index in [2.05, 4.69) is 85.4 Å². The maximum Gasteiger partial charge on any atom is 0.339 e. The van der Waals surface area contributed by atoms with Gasteiger partial charge in [0.25, 0.3) is 0 Å². The van der Waals surface area contributed by atoms with Crippen molar-refractivity contribution in [1.82, 2.24) is 9.99 Å². The molecule has 1 heterocycles. The fraction of sp³-hybridized carbons (Fsp3) is 0.280. The average molecular weight is 403 g/mol. The molecule has 0 atom stereocenters. The van der Waals surface area contributed by atoms with Crippen LogP contribution in [0.25, 0.3) is 5.69 Å². The summed E-state index contributed by atoms with van der Waals surface area (Å²) in [6, 6.07) is 18.0. The highest BCUT2D eigenvalue weighted by Gasteiger charge is 2.14. The maximum absolute atomic E-state index is 12.1. The van der Waals surface area contributed by atoms with Crippen molar-refractivity contribution < 1.29 is 4.79 Å². The summed E-state index contributed by atoms with van der Waals surface area (Å²) in [7, 11) is 0. The third kappa shape index (κ3) is 4.79. The molecule has 0 saturated carbocycles. The van der Waals surface area contributed by atoms with E-state index in [9.17, 15) is 4.79 Å². The monoisotopic (exact) mass is 402 g/mol. The van der Waals surface area contributed by atoms with Crippen LogP contribution in [0.15, 0.2) is 59.7 Å². The number of hydrazone groups is 1. The Labute approximate surface area is 178 Å². The number of nitrogens with zero attached hydrogens (tertiary/aromatic N) is 2. The number of nitrogens with one attached hydrogen (secondary N) is 2. The number of benzene rings is 2. The van der Waals surface area contributed by atoms with Crippen LogP contribution in [0, 0.1) is 20.8 Å². The van der Waals surface area contributed by atoms with Crippen LogP contribution in [0.1, 0.15) is 48.8 Å². The first kappa shape index (κ1) is 21.4. The van der Waals surface area contributed by atoms with Gasteiger partial charge in [-0.15, -0.1) is 0 Å². The van der Waals surface area contributed by atoms with Gasteiger partial charge in [0.2, 0.25) is 0 Å². The van der Waals surface area contributed by atoms with Crippen molar-refractivity contribution in [3.63, 3.8) is 0 Å². The molecule has 2 aromatic carbocycles. The Balaban J connectivity index is 1.72. The number of carbonyl (C=O) groups excluding carboxylic acids is 1. The minimum Gasteiger partial charge on any atom is -0.318 e. The number of rotatable bonds is 4. The molecule has 156 valence electrons. The predicted octanol–water partition coefficient (Wildman–Crippen LogP) is 5.86. The molecule has 1 aromatic heterocycles. The van der Waals surface area contributed by atoms with Crippen molar-refractivity contribution >= 4 is 17.9 Å². The molecule has 2 amide bonds. The Hall–Kier alpha value is -3.34. The van der Waals surface area contributed by atoms with Gasteiger partial charge in [-0.25, -0.2) is 10.2 Å². The zero-order chi connectivity index (χ0) is 21.9. The van der Waals surface area contributed by atoms with Crippen molar-refractivity contribution in [2.24, 2.45) is 5.10 Å². The van der Waals surface area contributed by atoms with Gasteiger partial charge >= 0.3 is 6.03 Å². The zero-order valence-electron chi connectivity index (χ0n) is 18.6. The van der Waals surface area contributed by atoms with Gasteiger partial charge in [0.1, 0.15) is 0 Å². The van der Waals surface area contributed by atoms with Crippen LogP contribution in [0.4, 0.5) is 10.5 Å². The van der Waals surface area contributed by atoms with E-state index < -0.39 is 0 Å². The molecule has 5 nitrogen and oxygen atoms in total. The van der Waals surface area contributed by atoms with Gasteiger partial charge < -0.3 is 9.88 Å². The van der Waals surface area contributed by atoms with Crippen molar-refractivity contribution in [3.05, 3.63) is 82.7 Å². The van der Waals surface area contributed by atoms with Gasteiger partial charge in [-0.2, -0.15) is 5.10 Å². The molecule has 0 bridgehead atoms. The van der Waals surface area contributed by atoms with Crippen LogP contribution >= 0.6 is 0 Å². The molecule has 0 unspecified atom stereocenters. The summed E-state index contributed by atoms with van der Waals surface area (Å²) >= 11 is 0. The Kier molecular flexibility index (Phi) is 6.11. The summed E-state index contributed by atoms with van der Waals surface area (Å²) < 4.78 is 2.20. The maximum atomic E-state index is 12.1. The average Bonchev–Trinajstić information content (AvgIpc) is 2.96. The Morgan fingerprint density at radius 3 is 2.30 bits per heavy atom. The first-order valence-corrected chi connectivity index (χ1v) is 10.1. The predicted molar refractivity (Wildman–Crippen MR) is 125 cm³/mol. The second-order valence-electron chi connectivity index (χ2n) is 8.60. The molecule has 0 saturated heterocycles. The van der Waals surface area contributed by atoms with Crippen molar-refractivity contribution in [1.29, 1.82) is 0 Å². The molecule has 5 heteroatoms. The number of urea groups is 1. The Bertz CT molecular complexity index is 1070. The van der Waals surface area contributed by atoms with Gasteiger partial charge in [-0.3, -0.25) is 0 Å². The van der Waals surface area contributed by atoms with E-state index in [0.717, 1.165) is 33.9 Å². The molecule has 3 rings (SSSR count). The molecule has 2 N–H and O–H groups in total. The minimum atomic E-state index is -0.368. The fourth-order valence-electron chi connectivity index (χ4n) is 3.45. The lowest BCUT2D eigenvalue weighted by Gasteiger charge is -2.20. The molecule has 0 spiro atoms. The molecule has 0 radical (unpaired) electrons. The summed E-state index contributed by atoms with van der Waals surface area (Å²) in [5, 5.41) is 6.92. The van der Waals surface area contributed by atoms with Gasteiger partial charge in [0.15, 0.2) is 0 Å². The normalized spacial score (nSPS) is 11.7. The number of carbonyl (C=O) groups is 1. The van der Waals surface area contributed by atoms with E-state index in [4.69, 9.17) is 0 Å². The van der Waals surface area contributed by atoms with E-state index in [0.29, 0.717) is 0 Å². The molecule has 0 aliphatic rings. The van der Waals surface area contributed by atoms with Crippen LogP contribution < -0.4 is 10.7 Å². The number of para-hydroxylation sites is 1. The number of aryl methyl sites for hydroxylation is 2. The number of hydrogen-bond donors (Lipinski definition) is 2. The summed E-state index contributed by atoms with van der Waals surface area (Å²) in [6.07, 6.45) is 1.68. The highest BCUT2D eigenvalue weighted by atomic mass is 16.2. The molecule has 3 aromatic rings. The van der Waals surface area contributed by atoms with Crippen LogP contribution in [0.3, 0.4) is 0 Å². The van der Waals surface area contributed by atoms with Crippen LogP contribution in [-0.2, 0) is 5.41 Å². The smallest absolute Gasteiger partial charge is 0.318 e. The zero-order valence-corrected chi connectivity index (χ0v) is 18.6. The molecule has 0 aliphatic heterocycles. The standard InChI is InChI=1S/C25H30N4O/c1-17-9-7-8-10-23(17)27-24(30)28-26-16-20-15-18(2)29(19(20)3)22-13-11-21(12-14-22)25(4,5)6/h7-16H,1-6H3,(H2,27,28,30)/b26-16+. The third-order valence-corrected chi connectivity index (χ3v) is 5.22. The lowest BCUT2D eigenvalue weighted by molar-refractivity contribution is 0.252. The van der Waals surface area contributed by atoms with Gasteiger partial charge in [0, 0.05) is 28.3 Å². The van der Waals surface area contributed by atoms with Crippen molar-refractivity contribution in [2.75, 3.05) is 5.32 Å². The van der Waals surface area contributed by atoms with Crippen LogP contribution in [-0.4, -0.2) is 16.8 Å². The fourth-order valence-corrected chi connectivity index (χ4v) is 3.45. The SMILES string of the molecule is Cc1ccccc1NC(=O)N/N=C/c1cc(C)n(-c2ccc(C(C)(C)C)cc2)c1C. The third-order valence-electron chi connectivity index (χ3n) is 5.22. The van der Waals surface area contributed by atoms with Gasteiger partial charge in [-0.05, 0) is 61.6 Å². The topological polar surface area (TPSA) is 58.4 Å². The van der Waals surface area contributed by atoms with E-state index in [-0.39, 0.29) is 11.4 Å². The van der Waals surface area contributed by atoms with E-state index in [1.54, 1.807) is 6.21 Å². The summed E-state index contributed by atoms with van der Waals surface area (Å²) in [6.45, 7) is 12.7. The summed E-state index contributed by atoms with van der Waals surface area (Å²) in [5.41, 5.74) is 9.99. The molecule has 0 aliphatic carbocycles. The summed E-state index contributed by atoms with van der Waals surface area (Å²) in [4.78, 5) is 12.1. The van der Waals surface area contributed by atoms with E-state index in [1.165, 1.54) is 5.56 Å². The number of aromatic nitrogens is 1. The number of hydrogen-bond acceptors (Lipinski definition) is 2. The van der Waals surface area contributed by atoms with Gasteiger partial charge in [-0.1, -0.05) is 51.1 Å². The van der Waals surface area contributed by atoms with Crippen molar-refractivity contribution in [2.45, 2.75) is 47.0 Å². The first-order chi connectivity index (χ1) is 14.2. The second kappa shape index (κ2) is 8.57. The molecular weight excluding hydrogens is 372 g/mol. The number of amides is 2. The van der Waals surface area contributed by atoms with E-state index >= 15 is 0 Å². The minimum absolute atomic E-state index is 0.127. The van der Waals surface area contributed by atoms with E-state index in [1.807, 2.05) is 31.2 Å². The highest BCUT2D eigenvalue weighted by Crippen LogP contribution is 2.25. The molecular formula is C25H30N4O. The lowest BCUT2D eigenvalue weighted by atomic mass is 9.87. The quantitative estimate of drug-likeness (QED) is 0.417. The second-order valence-corrected chi connectivity index (χ2v) is 8.60. The van der Waals surface area contributed by atoms with Gasteiger partial charge in [0.05, 0.1) is 6.21 Å². The molecule has 0 fully saturated rings. The van der Waals surface area contributed by atoms with Crippen LogP contribution in [0.5, 0.6) is 0 Å². The summed E-state index contributed by atoms with van der Waals surface area (Å²) in [5.74, 6) is 0. The lowest BCUT2D eigenvalue weighted by Crippen LogP contribution is -2.24.